The molecule has 0 aliphatic heterocycles. The van der Waals surface area contributed by atoms with Crippen molar-refractivity contribution in [3.8, 4) is 5.75 Å². The van der Waals surface area contributed by atoms with E-state index < -0.39 is 5.63 Å². The summed E-state index contributed by atoms with van der Waals surface area (Å²) in [5, 5.41) is 11.1. The zero-order chi connectivity index (χ0) is 19.8. The molecule has 0 aliphatic carbocycles. The van der Waals surface area contributed by atoms with Crippen LogP contribution >= 0.6 is 0 Å². The highest BCUT2D eigenvalue weighted by Crippen LogP contribution is 2.28. The second-order valence-corrected chi connectivity index (χ2v) is 8.72. The highest BCUT2D eigenvalue weighted by molar-refractivity contribution is 5.83. The molecule has 0 bridgehead atoms. The summed E-state index contributed by atoms with van der Waals surface area (Å²) in [4.78, 5) is 12.2. The minimum absolute atomic E-state index is 0.0906. The molecule has 1 aromatic heterocycles. The van der Waals surface area contributed by atoms with Gasteiger partial charge in [-0.05, 0) is 42.7 Å². The van der Waals surface area contributed by atoms with E-state index in [1.54, 1.807) is 18.2 Å². The Balaban J connectivity index is 1.78. The smallest absolute Gasteiger partial charge is 0.343 e. The lowest BCUT2D eigenvalue weighted by atomic mass is 9.91. The summed E-state index contributed by atoms with van der Waals surface area (Å²) >= 11 is 0. The Morgan fingerprint density at radius 1 is 0.889 bits per heavy atom. The fourth-order valence-electron chi connectivity index (χ4n) is 3.76. The summed E-state index contributed by atoms with van der Waals surface area (Å²) < 4.78 is 5.36. The number of aromatic hydroxyl groups is 1. The molecule has 27 heavy (non-hydrogen) atoms. The normalized spacial score (nSPS) is 14.0. The third-order valence-corrected chi connectivity index (χ3v) is 5.64. The third kappa shape index (κ3) is 6.71. The number of hydrogen-bond donors (Lipinski definition) is 1. The molecule has 0 fully saturated rings. The summed E-state index contributed by atoms with van der Waals surface area (Å²) in [6.07, 6.45) is 9.17. The van der Waals surface area contributed by atoms with Crippen LogP contribution in [0.2, 0.25) is 0 Å². The fraction of sp³-hybridized carbons (Fsp3) is 0.625. The molecule has 0 spiro atoms. The van der Waals surface area contributed by atoms with E-state index in [1.807, 2.05) is 6.07 Å². The minimum atomic E-state index is -0.405. The van der Waals surface area contributed by atoms with Crippen molar-refractivity contribution < 1.29 is 9.52 Å². The van der Waals surface area contributed by atoms with Crippen molar-refractivity contribution in [2.24, 2.45) is 17.8 Å². The zero-order valence-corrected chi connectivity index (χ0v) is 17.5. The van der Waals surface area contributed by atoms with Crippen LogP contribution in [-0.4, -0.2) is 5.11 Å². The van der Waals surface area contributed by atoms with Crippen molar-refractivity contribution in [3.63, 3.8) is 0 Å². The van der Waals surface area contributed by atoms with Gasteiger partial charge in [0.05, 0.1) is 10.9 Å². The number of rotatable bonds is 11. The van der Waals surface area contributed by atoms with Gasteiger partial charge in [0.2, 0.25) is 0 Å². The number of para-hydroxylation sites is 1. The number of benzene rings is 1. The van der Waals surface area contributed by atoms with E-state index in [1.165, 1.54) is 38.5 Å². The summed E-state index contributed by atoms with van der Waals surface area (Å²) in [7, 11) is 0. The quantitative estimate of drug-likeness (QED) is 0.446. The molecule has 2 rings (SSSR count). The van der Waals surface area contributed by atoms with Crippen LogP contribution in [0.5, 0.6) is 5.75 Å². The molecular formula is C24H36O3. The van der Waals surface area contributed by atoms with Gasteiger partial charge in [0.1, 0.15) is 11.3 Å². The topological polar surface area (TPSA) is 50.4 Å². The Labute approximate surface area is 163 Å². The first kappa shape index (κ1) is 21.5. The summed E-state index contributed by atoms with van der Waals surface area (Å²) in [5.41, 5.74) is 0.461. The minimum Gasteiger partial charge on any atom is -0.507 e. The SMILES string of the molecule is CC(C)CCCC(C)CCCC(C)CCc1c(O)c2ccccc2oc1=O. The van der Waals surface area contributed by atoms with Gasteiger partial charge < -0.3 is 9.52 Å². The average Bonchev–Trinajstić information content (AvgIpc) is 2.61. The first-order valence-corrected chi connectivity index (χ1v) is 10.6. The van der Waals surface area contributed by atoms with Gasteiger partial charge in [-0.1, -0.05) is 78.4 Å². The Morgan fingerprint density at radius 3 is 2.15 bits per heavy atom. The van der Waals surface area contributed by atoms with Crippen LogP contribution in [0.4, 0.5) is 0 Å². The van der Waals surface area contributed by atoms with Gasteiger partial charge in [-0.15, -0.1) is 0 Å². The van der Waals surface area contributed by atoms with Crippen LogP contribution in [0, 0.1) is 17.8 Å². The Morgan fingerprint density at radius 2 is 1.48 bits per heavy atom. The van der Waals surface area contributed by atoms with E-state index in [9.17, 15) is 9.90 Å². The van der Waals surface area contributed by atoms with Crippen LogP contribution in [0.3, 0.4) is 0 Å². The molecule has 1 aromatic carbocycles. The van der Waals surface area contributed by atoms with Crippen LogP contribution in [0.1, 0.15) is 78.2 Å². The molecule has 3 heteroatoms. The predicted molar refractivity (Wildman–Crippen MR) is 113 cm³/mol. The number of hydrogen-bond acceptors (Lipinski definition) is 3. The van der Waals surface area contributed by atoms with Gasteiger partial charge in [-0.3, -0.25) is 0 Å². The van der Waals surface area contributed by atoms with E-state index >= 15 is 0 Å². The van der Waals surface area contributed by atoms with Crippen molar-refractivity contribution in [1.82, 2.24) is 0 Å². The van der Waals surface area contributed by atoms with Gasteiger partial charge in [0.15, 0.2) is 0 Å². The Hall–Kier alpha value is -1.77. The second-order valence-electron chi connectivity index (χ2n) is 8.72. The van der Waals surface area contributed by atoms with E-state index in [0.29, 0.717) is 28.9 Å². The van der Waals surface area contributed by atoms with Crippen molar-refractivity contribution in [2.45, 2.75) is 79.1 Å². The summed E-state index contributed by atoms with van der Waals surface area (Å²) in [6, 6.07) is 7.15. The predicted octanol–water partition coefficient (Wildman–Crippen LogP) is 6.70. The van der Waals surface area contributed by atoms with E-state index in [4.69, 9.17) is 4.42 Å². The van der Waals surface area contributed by atoms with Crippen molar-refractivity contribution in [2.75, 3.05) is 0 Å². The molecule has 1 N–H and O–H groups in total. The molecule has 150 valence electrons. The molecule has 2 atom stereocenters. The van der Waals surface area contributed by atoms with E-state index in [2.05, 4.69) is 27.7 Å². The standard InChI is InChI=1S/C24H36O3/c1-17(2)9-7-10-18(3)11-8-12-19(4)15-16-21-23(25)20-13-5-6-14-22(20)27-24(21)26/h5-6,13-14,17-19,25H,7-12,15-16H2,1-4H3. The average molecular weight is 373 g/mol. The second kappa shape index (κ2) is 10.5. The van der Waals surface area contributed by atoms with Gasteiger partial charge in [-0.2, -0.15) is 0 Å². The maximum Gasteiger partial charge on any atom is 0.343 e. The van der Waals surface area contributed by atoms with Gasteiger partial charge in [0, 0.05) is 0 Å². The lowest BCUT2D eigenvalue weighted by molar-refractivity contribution is 0.389. The maximum absolute atomic E-state index is 12.2. The molecule has 0 radical (unpaired) electrons. The maximum atomic E-state index is 12.2. The first-order valence-electron chi connectivity index (χ1n) is 10.6. The van der Waals surface area contributed by atoms with E-state index in [-0.39, 0.29) is 5.75 Å². The first-order chi connectivity index (χ1) is 12.9. The van der Waals surface area contributed by atoms with Gasteiger partial charge >= 0.3 is 5.63 Å². The summed E-state index contributed by atoms with van der Waals surface area (Å²) in [5.74, 6) is 2.24. The molecule has 0 saturated carbocycles. The lowest BCUT2D eigenvalue weighted by Gasteiger charge is -2.15. The van der Waals surface area contributed by atoms with Crippen LogP contribution in [-0.2, 0) is 6.42 Å². The molecule has 0 aliphatic rings. The lowest BCUT2D eigenvalue weighted by Crippen LogP contribution is -2.10. The molecule has 0 saturated heterocycles. The molecule has 2 unspecified atom stereocenters. The van der Waals surface area contributed by atoms with Gasteiger partial charge in [-0.25, -0.2) is 4.79 Å². The third-order valence-electron chi connectivity index (χ3n) is 5.64. The van der Waals surface area contributed by atoms with Crippen LogP contribution in [0.25, 0.3) is 11.0 Å². The monoisotopic (exact) mass is 372 g/mol. The van der Waals surface area contributed by atoms with Crippen molar-refractivity contribution >= 4 is 11.0 Å². The fourth-order valence-corrected chi connectivity index (χ4v) is 3.76. The molecule has 3 nitrogen and oxygen atoms in total. The molecule has 2 aromatic rings. The van der Waals surface area contributed by atoms with Crippen LogP contribution < -0.4 is 5.63 Å². The highest BCUT2D eigenvalue weighted by atomic mass is 16.4. The zero-order valence-electron chi connectivity index (χ0n) is 17.5. The molecule has 1 heterocycles. The molecular weight excluding hydrogens is 336 g/mol. The van der Waals surface area contributed by atoms with Crippen molar-refractivity contribution in [1.29, 1.82) is 0 Å². The van der Waals surface area contributed by atoms with Gasteiger partial charge in [0.25, 0.3) is 0 Å². The number of fused-ring (bicyclic) bond motifs is 1. The van der Waals surface area contributed by atoms with E-state index in [0.717, 1.165) is 18.3 Å². The highest BCUT2D eigenvalue weighted by Gasteiger charge is 2.15. The van der Waals surface area contributed by atoms with Crippen molar-refractivity contribution in [3.05, 3.63) is 40.2 Å². The van der Waals surface area contributed by atoms with Crippen LogP contribution in [0.15, 0.2) is 33.5 Å². The molecule has 0 amide bonds. The Bertz CT molecular complexity index is 760. The summed E-state index contributed by atoms with van der Waals surface area (Å²) in [6.45, 7) is 9.19. The Kier molecular flexibility index (Phi) is 8.40. The largest absolute Gasteiger partial charge is 0.507 e.